The molecule has 2 aliphatic rings. The lowest BCUT2D eigenvalue weighted by Gasteiger charge is -2.36. The number of hydrogen-bond donors (Lipinski definition) is 0. The van der Waals surface area contributed by atoms with Crippen LogP contribution in [0.25, 0.3) is 0 Å². The van der Waals surface area contributed by atoms with Gasteiger partial charge in [-0.1, -0.05) is 42.0 Å². The van der Waals surface area contributed by atoms with Crippen LogP contribution in [0, 0.1) is 5.92 Å². The predicted octanol–water partition coefficient (Wildman–Crippen LogP) is 3.79. The van der Waals surface area contributed by atoms with Crippen molar-refractivity contribution < 1.29 is 4.79 Å². The monoisotopic (exact) mass is 383 g/mol. The van der Waals surface area contributed by atoms with Gasteiger partial charge in [0.15, 0.2) is 0 Å². The molecule has 2 saturated heterocycles. The molecule has 0 spiro atoms. The van der Waals surface area contributed by atoms with E-state index >= 15 is 0 Å². The highest BCUT2D eigenvalue weighted by molar-refractivity contribution is 5.76. The summed E-state index contributed by atoms with van der Waals surface area (Å²) >= 11 is 0. The number of likely N-dealkylation sites (tertiary alicyclic amines) is 1. The maximum absolute atomic E-state index is 12.7. The van der Waals surface area contributed by atoms with E-state index in [-0.39, 0.29) is 0 Å². The lowest BCUT2D eigenvalue weighted by molar-refractivity contribution is -0.133. The van der Waals surface area contributed by atoms with E-state index in [1.807, 2.05) is 0 Å². The SMILES string of the molecule is C/C=C(\C)CN1CCC[C@H](CCC(=O)N2CCN(Cc3ccccc3)CC2)C1. The van der Waals surface area contributed by atoms with Gasteiger partial charge in [-0.15, -0.1) is 0 Å². The lowest BCUT2D eigenvalue weighted by atomic mass is 9.93. The molecule has 28 heavy (non-hydrogen) atoms. The minimum atomic E-state index is 0.362. The van der Waals surface area contributed by atoms with Crippen molar-refractivity contribution in [3.05, 3.63) is 47.5 Å². The molecule has 0 saturated carbocycles. The highest BCUT2D eigenvalue weighted by atomic mass is 16.2. The van der Waals surface area contributed by atoms with Gasteiger partial charge in [-0.05, 0) is 51.1 Å². The summed E-state index contributed by atoms with van der Waals surface area (Å²) in [4.78, 5) is 19.8. The van der Waals surface area contributed by atoms with Crippen molar-refractivity contribution in [3.63, 3.8) is 0 Å². The molecule has 1 atom stereocenters. The molecule has 4 nitrogen and oxygen atoms in total. The number of hydrogen-bond acceptors (Lipinski definition) is 3. The van der Waals surface area contributed by atoms with Gasteiger partial charge in [0.05, 0.1) is 0 Å². The summed E-state index contributed by atoms with van der Waals surface area (Å²) in [5.74, 6) is 1.04. The van der Waals surface area contributed by atoms with Gasteiger partial charge < -0.3 is 4.90 Å². The zero-order chi connectivity index (χ0) is 19.8. The summed E-state index contributed by atoms with van der Waals surface area (Å²) < 4.78 is 0. The van der Waals surface area contributed by atoms with Crippen LogP contribution >= 0.6 is 0 Å². The third-order valence-corrected chi connectivity index (χ3v) is 6.31. The Hall–Kier alpha value is -1.65. The van der Waals surface area contributed by atoms with Crippen LogP contribution in [0.3, 0.4) is 0 Å². The topological polar surface area (TPSA) is 26.8 Å². The first-order valence-electron chi connectivity index (χ1n) is 11.0. The first-order chi connectivity index (χ1) is 13.6. The number of piperidine rings is 1. The van der Waals surface area contributed by atoms with Crippen molar-refractivity contribution in [1.82, 2.24) is 14.7 Å². The van der Waals surface area contributed by atoms with Crippen molar-refractivity contribution in [2.75, 3.05) is 45.8 Å². The van der Waals surface area contributed by atoms with Crippen LogP contribution < -0.4 is 0 Å². The number of carbonyl (C=O) groups excluding carboxylic acids is 1. The Morgan fingerprint density at radius 2 is 1.82 bits per heavy atom. The fraction of sp³-hybridized carbons (Fsp3) is 0.625. The number of carbonyl (C=O) groups is 1. The van der Waals surface area contributed by atoms with E-state index in [1.54, 1.807) is 0 Å². The maximum Gasteiger partial charge on any atom is 0.222 e. The van der Waals surface area contributed by atoms with E-state index in [4.69, 9.17) is 0 Å². The van der Waals surface area contributed by atoms with Gasteiger partial charge in [0, 0.05) is 52.2 Å². The predicted molar refractivity (Wildman–Crippen MR) is 116 cm³/mol. The van der Waals surface area contributed by atoms with Gasteiger partial charge in [-0.3, -0.25) is 14.6 Å². The highest BCUT2D eigenvalue weighted by Gasteiger charge is 2.24. The second-order valence-corrected chi connectivity index (χ2v) is 8.56. The molecule has 2 heterocycles. The van der Waals surface area contributed by atoms with E-state index in [1.165, 1.54) is 30.5 Å². The summed E-state index contributed by atoms with van der Waals surface area (Å²) in [6.07, 6.45) is 6.54. The fourth-order valence-corrected chi connectivity index (χ4v) is 4.46. The molecule has 0 aromatic heterocycles. The first-order valence-corrected chi connectivity index (χ1v) is 11.0. The summed E-state index contributed by atoms with van der Waals surface area (Å²) in [7, 11) is 0. The highest BCUT2D eigenvalue weighted by Crippen LogP contribution is 2.22. The standard InChI is InChI=1S/C24H37N3O/c1-3-21(2)18-26-13-7-10-23(20-26)11-12-24(28)27-16-14-25(15-17-27)19-22-8-5-4-6-9-22/h3-6,8-9,23H,7,10-20H2,1-2H3/b21-3+/t23-/m1/s1. The molecule has 1 aromatic rings. The molecule has 1 aromatic carbocycles. The molecule has 0 N–H and O–H groups in total. The van der Waals surface area contributed by atoms with Gasteiger partial charge in [-0.2, -0.15) is 0 Å². The smallest absolute Gasteiger partial charge is 0.222 e. The molecule has 1 amide bonds. The minimum absolute atomic E-state index is 0.362. The molecule has 3 rings (SSSR count). The molecule has 0 radical (unpaired) electrons. The Kier molecular flexibility index (Phi) is 8.11. The Morgan fingerprint density at radius 3 is 2.54 bits per heavy atom. The molecule has 0 bridgehead atoms. The normalized spacial score (nSPS) is 22.4. The number of amides is 1. The van der Waals surface area contributed by atoms with Gasteiger partial charge in [-0.25, -0.2) is 0 Å². The van der Waals surface area contributed by atoms with Gasteiger partial charge in [0.2, 0.25) is 5.91 Å². The van der Waals surface area contributed by atoms with Crippen molar-refractivity contribution in [2.45, 2.75) is 46.1 Å². The van der Waals surface area contributed by atoms with E-state index in [0.29, 0.717) is 11.8 Å². The number of piperazine rings is 1. The van der Waals surface area contributed by atoms with Crippen LogP contribution in [0.2, 0.25) is 0 Å². The van der Waals surface area contributed by atoms with Crippen LogP contribution in [0.5, 0.6) is 0 Å². The first kappa shape index (κ1) is 21.1. The lowest BCUT2D eigenvalue weighted by Crippen LogP contribution is -2.48. The molecule has 2 aliphatic heterocycles. The van der Waals surface area contributed by atoms with Crippen LogP contribution in [0.1, 0.15) is 45.1 Å². The largest absolute Gasteiger partial charge is 0.340 e. The van der Waals surface area contributed by atoms with E-state index < -0.39 is 0 Å². The Morgan fingerprint density at radius 1 is 1.07 bits per heavy atom. The zero-order valence-corrected chi connectivity index (χ0v) is 17.8. The third-order valence-electron chi connectivity index (χ3n) is 6.31. The Balaban J connectivity index is 1.36. The molecule has 4 heteroatoms. The van der Waals surface area contributed by atoms with Crippen molar-refractivity contribution in [3.8, 4) is 0 Å². The van der Waals surface area contributed by atoms with E-state index in [0.717, 1.165) is 58.7 Å². The van der Waals surface area contributed by atoms with Gasteiger partial charge in [0.1, 0.15) is 0 Å². The number of allylic oxidation sites excluding steroid dienone is 1. The minimum Gasteiger partial charge on any atom is -0.340 e. The van der Waals surface area contributed by atoms with Crippen LogP contribution in [0.15, 0.2) is 42.0 Å². The summed E-state index contributed by atoms with van der Waals surface area (Å²) in [5.41, 5.74) is 2.81. The molecular weight excluding hydrogens is 346 g/mol. The zero-order valence-electron chi connectivity index (χ0n) is 17.8. The number of rotatable bonds is 7. The fourth-order valence-electron chi connectivity index (χ4n) is 4.46. The third kappa shape index (κ3) is 6.46. The summed E-state index contributed by atoms with van der Waals surface area (Å²) in [5, 5.41) is 0. The van der Waals surface area contributed by atoms with Crippen molar-refractivity contribution in [2.24, 2.45) is 5.92 Å². The van der Waals surface area contributed by atoms with E-state index in [9.17, 15) is 4.79 Å². The number of nitrogens with zero attached hydrogens (tertiary/aromatic N) is 3. The van der Waals surface area contributed by atoms with Gasteiger partial charge >= 0.3 is 0 Å². The molecule has 154 valence electrons. The Labute approximate surface area is 171 Å². The molecule has 2 fully saturated rings. The second-order valence-electron chi connectivity index (χ2n) is 8.56. The summed E-state index contributed by atoms with van der Waals surface area (Å²) in [6, 6.07) is 10.6. The van der Waals surface area contributed by atoms with Gasteiger partial charge in [0.25, 0.3) is 0 Å². The van der Waals surface area contributed by atoms with Crippen molar-refractivity contribution >= 4 is 5.91 Å². The van der Waals surface area contributed by atoms with Crippen molar-refractivity contribution in [1.29, 1.82) is 0 Å². The number of benzene rings is 1. The maximum atomic E-state index is 12.7. The van der Waals surface area contributed by atoms with Crippen LogP contribution in [-0.2, 0) is 11.3 Å². The average Bonchev–Trinajstić information content (AvgIpc) is 2.73. The molecular formula is C24H37N3O. The quantitative estimate of drug-likeness (QED) is 0.670. The van der Waals surface area contributed by atoms with Crippen LogP contribution in [-0.4, -0.2) is 66.4 Å². The van der Waals surface area contributed by atoms with Crippen LogP contribution in [0.4, 0.5) is 0 Å². The second kappa shape index (κ2) is 10.8. The molecule has 0 unspecified atom stereocenters. The Bertz CT molecular complexity index is 635. The molecule has 0 aliphatic carbocycles. The summed E-state index contributed by atoms with van der Waals surface area (Å²) in [6.45, 7) is 12.5. The van der Waals surface area contributed by atoms with E-state index in [2.05, 4.69) is 65.0 Å². The average molecular weight is 384 g/mol.